The zero-order valence-corrected chi connectivity index (χ0v) is 18.2. The SMILES string of the molecule is CC(C)CC(=O)NC(c1nccs1)C1CCC(CNC(=O)C(C)(C)C)CC1. The lowest BCUT2D eigenvalue weighted by molar-refractivity contribution is -0.128. The number of nitrogens with zero attached hydrogens (tertiary/aromatic N) is 1. The summed E-state index contributed by atoms with van der Waals surface area (Å²) in [5, 5.41) is 9.33. The summed E-state index contributed by atoms with van der Waals surface area (Å²) in [5.74, 6) is 1.53. The van der Waals surface area contributed by atoms with E-state index in [9.17, 15) is 9.59 Å². The topological polar surface area (TPSA) is 71.1 Å². The van der Waals surface area contributed by atoms with E-state index in [2.05, 4.69) is 29.5 Å². The maximum atomic E-state index is 12.4. The Morgan fingerprint density at radius 1 is 1.22 bits per heavy atom. The molecule has 1 fully saturated rings. The third kappa shape index (κ3) is 6.91. The standard InChI is InChI=1S/C21H35N3O2S/c1-14(2)12-17(25)24-18(19-22-10-11-27-19)16-8-6-15(7-9-16)13-23-20(26)21(3,4)5/h10-11,14-16,18H,6-9,12-13H2,1-5H3,(H,23,26)(H,24,25). The van der Waals surface area contributed by atoms with Gasteiger partial charge in [-0.25, -0.2) is 4.98 Å². The van der Waals surface area contributed by atoms with Crippen molar-refractivity contribution in [1.29, 1.82) is 0 Å². The predicted molar refractivity (Wildman–Crippen MR) is 110 cm³/mol. The van der Waals surface area contributed by atoms with Crippen LogP contribution < -0.4 is 10.6 Å². The summed E-state index contributed by atoms with van der Waals surface area (Å²) >= 11 is 1.62. The second kappa shape index (κ2) is 9.67. The van der Waals surface area contributed by atoms with Gasteiger partial charge in [0.2, 0.25) is 11.8 Å². The van der Waals surface area contributed by atoms with E-state index in [1.807, 2.05) is 32.3 Å². The lowest BCUT2D eigenvalue weighted by Gasteiger charge is -2.34. The Hall–Kier alpha value is -1.43. The molecule has 2 N–H and O–H groups in total. The van der Waals surface area contributed by atoms with Gasteiger partial charge in [-0.15, -0.1) is 11.3 Å². The highest BCUT2D eigenvalue weighted by Crippen LogP contribution is 2.37. The molecule has 1 aliphatic rings. The van der Waals surface area contributed by atoms with Crippen LogP contribution in [0, 0.1) is 23.2 Å². The first-order valence-electron chi connectivity index (χ1n) is 10.1. The second-order valence-electron chi connectivity index (χ2n) is 9.25. The molecule has 2 amide bonds. The van der Waals surface area contributed by atoms with Crippen molar-refractivity contribution in [1.82, 2.24) is 15.6 Å². The van der Waals surface area contributed by atoms with Gasteiger partial charge in [-0.05, 0) is 43.4 Å². The Balaban J connectivity index is 1.90. The minimum Gasteiger partial charge on any atom is -0.355 e. The molecule has 1 aromatic heterocycles. The normalized spacial score (nSPS) is 21.7. The van der Waals surface area contributed by atoms with Crippen LogP contribution in [0.15, 0.2) is 11.6 Å². The Morgan fingerprint density at radius 3 is 2.41 bits per heavy atom. The molecule has 0 spiro atoms. The molecular weight excluding hydrogens is 358 g/mol. The van der Waals surface area contributed by atoms with Gasteiger partial charge in [0.05, 0.1) is 6.04 Å². The third-order valence-corrected chi connectivity index (χ3v) is 6.08. The molecule has 1 unspecified atom stereocenters. The van der Waals surface area contributed by atoms with Crippen LogP contribution in [0.25, 0.3) is 0 Å². The number of carbonyl (C=O) groups excluding carboxylic acids is 2. The van der Waals surface area contributed by atoms with Crippen LogP contribution >= 0.6 is 11.3 Å². The average Bonchev–Trinajstić information content (AvgIpc) is 3.11. The van der Waals surface area contributed by atoms with E-state index in [-0.39, 0.29) is 23.3 Å². The van der Waals surface area contributed by atoms with Gasteiger partial charge in [0, 0.05) is 30.0 Å². The zero-order chi connectivity index (χ0) is 20.0. The summed E-state index contributed by atoms with van der Waals surface area (Å²) in [5.41, 5.74) is -0.339. The lowest BCUT2D eigenvalue weighted by atomic mass is 9.78. The molecule has 2 rings (SSSR count). The molecule has 1 heterocycles. The Bertz CT molecular complexity index is 599. The maximum absolute atomic E-state index is 12.4. The van der Waals surface area contributed by atoms with E-state index in [1.165, 1.54) is 0 Å². The van der Waals surface area contributed by atoms with Crippen LogP contribution in [-0.2, 0) is 9.59 Å². The van der Waals surface area contributed by atoms with Gasteiger partial charge >= 0.3 is 0 Å². The number of carbonyl (C=O) groups is 2. The first-order chi connectivity index (χ1) is 12.7. The van der Waals surface area contributed by atoms with E-state index in [4.69, 9.17) is 0 Å². The van der Waals surface area contributed by atoms with E-state index >= 15 is 0 Å². The fourth-order valence-electron chi connectivity index (χ4n) is 3.60. The Labute approximate surface area is 167 Å². The molecule has 1 aromatic rings. The van der Waals surface area contributed by atoms with E-state index < -0.39 is 0 Å². The number of rotatable bonds is 7. The van der Waals surface area contributed by atoms with Gasteiger partial charge < -0.3 is 10.6 Å². The number of hydrogen-bond acceptors (Lipinski definition) is 4. The van der Waals surface area contributed by atoms with Gasteiger partial charge in [0.25, 0.3) is 0 Å². The van der Waals surface area contributed by atoms with Crippen molar-refractivity contribution in [2.24, 2.45) is 23.2 Å². The summed E-state index contributed by atoms with van der Waals surface area (Å²) in [7, 11) is 0. The molecule has 152 valence electrons. The van der Waals surface area contributed by atoms with E-state index in [0.29, 0.717) is 24.2 Å². The number of thiazole rings is 1. The summed E-state index contributed by atoms with van der Waals surface area (Å²) in [6, 6.07) is 0.0152. The Morgan fingerprint density at radius 2 is 1.89 bits per heavy atom. The van der Waals surface area contributed by atoms with Gasteiger partial charge in [-0.3, -0.25) is 9.59 Å². The summed E-state index contributed by atoms with van der Waals surface area (Å²) < 4.78 is 0. The minimum atomic E-state index is -0.339. The fraction of sp³-hybridized carbons (Fsp3) is 0.762. The van der Waals surface area contributed by atoms with Crippen LogP contribution in [0.3, 0.4) is 0 Å². The van der Waals surface area contributed by atoms with Crippen LogP contribution in [0.4, 0.5) is 0 Å². The third-order valence-electron chi connectivity index (χ3n) is 5.22. The van der Waals surface area contributed by atoms with E-state index in [1.54, 1.807) is 11.3 Å². The fourth-order valence-corrected chi connectivity index (χ4v) is 4.38. The van der Waals surface area contributed by atoms with Gasteiger partial charge in [-0.2, -0.15) is 0 Å². The molecule has 0 radical (unpaired) electrons. The highest BCUT2D eigenvalue weighted by molar-refractivity contribution is 7.09. The lowest BCUT2D eigenvalue weighted by Crippen LogP contribution is -2.40. The van der Waals surface area contributed by atoms with Crippen molar-refractivity contribution in [3.63, 3.8) is 0 Å². The molecule has 1 aliphatic carbocycles. The maximum Gasteiger partial charge on any atom is 0.225 e. The quantitative estimate of drug-likeness (QED) is 0.725. The minimum absolute atomic E-state index is 0.0152. The monoisotopic (exact) mass is 393 g/mol. The molecule has 1 atom stereocenters. The van der Waals surface area contributed by atoms with Gasteiger partial charge in [0.1, 0.15) is 5.01 Å². The largest absolute Gasteiger partial charge is 0.355 e. The summed E-state index contributed by atoms with van der Waals surface area (Å²) in [6.45, 7) is 10.7. The molecule has 0 saturated heterocycles. The average molecular weight is 394 g/mol. The molecule has 0 bridgehead atoms. The first-order valence-corrected chi connectivity index (χ1v) is 11.0. The van der Waals surface area contributed by atoms with Gasteiger partial charge in [0.15, 0.2) is 0 Å². The molecule has 27 heavy (non-hydrogen) atoms. The van der Waals surface area contributed by atoms with Crippen LogP contribution in [0.1, 0.15) is 77.8 Å². The number of aromatic nitrogens is 1. The Kier molecular flexibility index (Phi) is 7.83. The highest BCUT2D eigenvalue weighted by Gasteiger charge is 2.32. The second-order valence-corrected chi connectivity index (χ2v) is 10.2. The van der Waals surface area contributed by atoms with Crippen molar-refractivity contribution < 1.29 is 9.59 Å². The smallest absolute Gasteiger partial charge is 0.225 e. The van der Waals surface area contributed by atoms with Crippen molar-refractivity contribution in [2.45, 2.75) is 72.8 Å². The van der Waals surface area contributed by atoms with Crippen molar-refractivity contribution >= 4 is 23.2 Å². The van der Waals surface area contributed by atoms with Crippen LogP contribution in [0.2, 0.25) is 0 Å². The zero-order valence-electron chi connectivity index (χ0n) is 17.4. The highest BCUT2D eigenvalue weighted by atomic mass is 32.1. The summed E-state index contributed by atoms with van der Waals surface area (Å²) in [4.78, 5) is 28.9. The molecule has 0 aliphatic heterocycles. The predicted octanol–water partition coefficient (Wildman–Crippen LogP) is 4.32. The van der Waals surface area contributed by atoms with Gasteiger partial charge in [-0.1, -0.05) is 34.6 Å². The number of nitrogens with one attached hydrogen (secondary N) is 2. The molecule has 0 aromatic carbocycles. The molecule has 1 saturated carbocycles. The molecule has 5 nitrogen and oxygen atoms in total. The van der Waals surface area contributed by atoms with E-state index in [0.717, 1.165) is 37.2 Å². The van der Waals surface area contributed by atoms with Crippen LogP contribution in [0.5, 0.6) is 0 Å². The molecular formula is C21H35N3O2S. The van der Waals surface area contributed by atoms with Crippen molar-refractivity contribution in [3.05, 3.63) is 16.6 Å². The summed E-state index contributed by atoms with van der Waals surface area (Å²) in [6.07, 6.45) is 6.64. The first kappa shape index (κ1) is 21.9. The van der Waals surface area contributed by atoms with Crippen molar-refractivity contribution in [2.75, 3.05) is 6.54 Å². The van der Waals surface area contributed by atoms with Crippen LogP contribution in [-0.4, -0.2) is 23.3 Å². The number of hydrogen-bond donors (Lipinski definition) is 2. The molecule has 6 heteroatoms. The van der Waals surface area contributed by atoms with Crippen molar-refractivity contribution in [3.8, 4) is 0 Å². The number of amides is 2.